The van der Waals surface area contributed by atoms with Crippen molar-refractivity contribution in [1.29, 1.82) is 0 Å². The number of pyridine rings is 1. The van der Waals surface area contributed by atoms with Gasteiger partial charge in [0.1, 0.15) is 4.90 Å². The van der Waals surface area contributed by atoms with Crippen molar-refractivity contribution < 1.29 is 8.42 Å². The van der Waals surface area contributed by atoms with Crippen LogP contribution < -0.4 is 10.0 Å². The Labute approximate surface area is 114 Å². The summed E-state index contributed by atoms with van der Waals surface area (Å²) in [6.45, 7) is 4.91. The first-order valence-electron chi connectivity index (χ1n) is 6.73. The van der Waals surface area contributed by atoms with Gasteiger partial charge in [-0.1, -0.05) is 13.8 Å². The summed E-state index contributed by atoms with van der Waals surface area (Å²) in [5.74, 6) is 0.610. The van der Waals surface area contributed by atoms with Crippen LogP contribution in [0, 0.1) is 5.92 Å². The minimum Gasteiger partial charge on any atom is -0.384 e. The quantitative estimate of drug-likeness (QED) is 0.837. The van der Waals surface area contributed by atoms with E-state index in [2.05, 4.69) is 21.9 Å². The molecular weight excluding hydrogens is 262 g/mol. The van der Waals surface area contributed by atoms with Crippen LogP contribution in [0.4, 0.5) is 5.69 Å². The fourth-order valence-electron chi connectivity index (χ4n) is 2.28. The van der Waals surface area contributed by atoms with Crippen molar-refractivity contribution in [2.24, 2.45) is 5.92 Å². The van der Waals surface area contributed by atoms with Gasteiger partial charge in [0.15, 0.2) is 0 Å². The molecule has 0 amide bonds. The van der Waals surface area contributed by atoms with Crippen molar-refractivity contribution in [2.45, 2.75) is 44.0 Å². The zero-order chi connectivity index (χ0) is 13.9. The summed E-state index contributed by atoms with van der Waals surface area (Å²) >= 11 is 0. The lowest BCUT2D eigenvalue weighted by Gasteiger charge is -2.33. The Balaban J connectivity index is 2.15. The molecule has 0 aromatic carbocycles. The number of aromatic nitrogens is 1. The highest BCUT2D eigenvalue weighted by Crippen LogP contribution is 2.29. The van der Waals surface area contributed by atoms with Gasteiger partial charge in [-0.3, -0.25) is 4.98 Å². The fraction of sp³-hybridized carbons (Fsp3) is 0.615. The monoisotopic (exact) mass is 283 g/mol. The van der Waals surface area contributed by atoms with Crippen LogP contribution in [0.1, 0.15) is 33.1 Å². The van der Waals surface area contributed by atoms with Crippen molar-refractivity contribution >= 4 is 15.7 Å². The number of hydrogen-bond acceptors (Lipinski definition) is 4. The Kier molecular flexibility index (Phi) is 4.42. The standard InChI is InChI=1S/C13H21N3O2S/c1-3-5-15-12-4-6-14-9-13(12)19(17,18)16-11-7-10(2)8-11/h4,6,9-11,16H,3,5,7-8H2,1-2H3,(H,14,15). The normalized spacial score (nSPS) is 22.8. The van der Waals surface area contributed by atoms with Gasteiger partial charge < -0.3 is 5.32 Å². The lowest BCUT2D eigenvalue weighted by Crippen LogP contribution is -2.43. The Morgan fingerprint density at radius 2 is 2.16 bits per heavy atom. The molecule has 2 N–H and O–H groups in total. The van der Waals surface area contributed by atoms with Crippen LogP contribution in [0.25, 0.3) is 0 Å². The molecule has 6 heteroatoms. The third-order valence-corrected chi connectivity index (χ3v) is 4.88. The summed E-state index contributed by atoms with van der Waals surface area (Å²) in [6.07, 6.45) is 5.77. The molecular formula is C13H21N3O2S. The molecule has 0 aliphatic heterocycles. The average molecular weight is 283 g/mol. The third kappa shape index (κ3) is 3.45. The van der Waals surface area contributed by atoms with Gasteiger partial charge in [0, 0.05) is 25.0 Å². The summed E-state index contributed by atoms with van der Waals surface area (Å²) in [4.78, 5) is 4.17. The first-order valence-corrected chi connectivity index (χ1v) is 8.21. The number of sulfonamides is 1. The van der Waals surface area contributed by atoms with Crippen LogP contribution in [0.15, 0.2) is 23.4 Å². The van der Waals surface area contributed by atoms with E-state index in [0.29, 0.717) is 11.6 Å². The summed E-state index contributed by atoms with van der Waals surface area (Å²) in [5.41, 5.74) is 0.622. The van der Waals surface area contributed by atoms with Crippen LogP contribution >= 0.6 is 0 Å². The molecule has 1 fully saturated rings. The molecule has 106 valence electrons. The van der Waals surface area contributed by atoms with E-state index in [9.17, 15) is 8.42 Å². The maximum Gasteiger partial charge on any atom is 0.244 e. The molecule has 0 spiro atoms. The Morgan fingerprint density at radius 3 is 2.79 bits per heavy atom. The highest BCUT2D eigenvalue weighted by molar-refractivity contribution is 7.89. The van der Waals surface area contributed by atoms with E-state index < -0.39 is 10.0 Å². The van der Waals surface area contributed by atoms with Crippen molar-refractivity contribution in [3.05, 3.63) is 18.5 Å². The minimum absolute atomic E-state index is 0.0687. The second-order valence-electron chi connectivity index (χ2n) is 5.19. The third-order valence-electron chi connectivity index (χ3n) is 3.34. The predicted molar refractivity (Wildman–Crippen MR) is 75.5 cm³/mol. The van der Waals surface area contributed by atoms with Crippen molar-refractivity contribution in [1.82, 2.24) is 9.71 Å². The number of rotatable bonds is 6. The SMILES string of the molecule is CCCNc1ccncc1S(=O)(=O)NC1CC(C)C1. The van der Waals surface area contributed by atoms with E-state index >= 15 is 0 Å². The molecule has 0 atom stereocenters. The van der Waals surface area contributed by atoms with E-state index in [1.807, 2.05) is 6.92 Å². The highest BCUT2D eigenvalue weighted by atomic mass is 32.2. The second kappa shape index (κ2) is 5.88. The highest BCUT2D eigenvalue weighted by Gasteiger charge is 2.30. The van der Waals surface area contributed by atoms with Crippen LogP contribution in [-0.4, -0.2) is 26.0 Å². The lowest BCUT2D eigenvalue weighted by molar-refractivity contribution is 0.270. The first-order chi connectivity index (χ1) is 9.03. The van der Waals surface area contributed by atoms with Gasteiger partial charge in [0.05, 0.1) is 5.69 Å². The van der Waals surface area contributed by atoms with Crippen LogP contribution in [-0.2, 0) is 10.0 Å². The van der Waals surface area contributed by atoms with E-state index in [-0.39, 0.29) is 10.9 Å². The largest absolute Gasteiger partial charge is 0.384 e. The molecule has 1 aliphatic rings. The Bertz CT molecular complexity index is 524. The van der Waals surface area contributed by atoms with Crippen LogP contribution in [0.2, 0.25) is 0 Å². The molecule has 1 aliphatic carbocycles. The van der Waals surface area contributed by atoms with Crippen LogP contribution in [0.3, 0.4) is 0 Å². The van der Waals surface area contributed by atoms with Gasteiger partial charge in [-0.25, -0.2) is 13.1 Å². The van der Waals surface area contributed by atoms with E-state index in [1.165, 1.54) is 6.20 Å². The molecule has 0 bridgehead atoms. The summed E-state index contributed by atoms with van der Waals surface area (Å²) < 4.78 is 27.4. The molecule has 1 aromatic rings. The van der Waals surface area contributed by atoms with E-state index in [0.717, 1.165) is 25.8 Å². The molecule has 1 saturated carbocycles. The smallest absolute Gasteiger partial charge is 0.244 e. The number of hydrogen-bond donors (Lipinski definition) is 2. The first kappa shape index (κ1) is 14.3. The average Bonchev–Trinajstić information content (AvgIpc) is 2.34. The summed E-state index contributed by atoms with van der Waals surface area (Å²) in [6, 6.07) is 1.77. The van der Waals surface area contributed by atoms with Gasteiger partial charge in [-0.05, 0) is 31.2 Å². The summed E-state index contributed by atoms with van der Waals surface area (Å²) in [7, 11) is -3.48. The van der Waals surface area contributed by atoms with Crippen LogP contribution in [0.5, 0.6) is 0 Å². The van der Waals surface area contributed by atoms with Gasteiger partial charge >= 0.3 is 0 Å². The number of nitrogens with zero attached hydrogens (tertiary/aromatic N) is 1. The predicted octanol–water partition coefficient (Wildman–Crippen LogP) is 1.98. The fourth-order valence-corrected chi connectivity index (χ4v) is 3.67. The molecule has 0 saturated heterocycles. The van der Waals surface area contributed by atoms with Gasteiger partial charge in [-0.2, -0.15) is 0 Å². The molecule has 0 radical (unpaired) electrons. The lowest BCUT2D eigenvalue weighted by atomic mass is 9.83. The molecule has 19 heavy (non-hydrogen) atoms. The molecule has 1 heterocycles. The number of nitrogens with one attached hydrogen (secondary N) is 2. The Morgan fingerprint density at radius 1 is 1.42 bits per heavy atom. The van der Waals surface area contributed by atoms with E-state index in [4.69, 9.17) is 0 Å². The molecule has 2 rings (SSSR count). The minimum atomic E-state index is -3.48. The van der Waals surface area contributed by atoms with Gasteiger partial charge in [0.25, 0.3) is 0 Å². The van der Waals surface area contributed by atoms with Crippen molar-refractivity contribution in [3.8, 4) is 0 Å². The van der Waals surface area contributed by atoms with E-state index in [1.54, 1.807) is 12.3 Å². The molecule has 1 aromatic heterocycles. The zero-order valence-corrected chi connectivity index (χ0v) is 12.2. The van der Waals surface area contributed by atoms with Crippen molar-refractivity contribution in [3.63, 3.8) is 0 Å². The molecule has 5 nitrogen and oxygen atoms in total. The van der Waals surface area contributed by atoms with Gasteiger partial charge in [0.2, 0.25) is 10.0 Å². The van der Waals surface area contributed by atoms with Crippen molar-refractivity contribution in [2.75, 3.05) is 11.9 Å². The summed E-state index contributed by atoms with van der Waals surface area (Å²) in [5, 5.41) is 3.13. The maximum absolute atomic E-state index is 12.3. The molecule has 0 unspecified atom stereocenters. The Hall–Kier alpha value is -1.14. The zero-order valence-electron chi connectivity index (χ0n) is 11.4. The maximum atomic E-state index is 12.3. The number of anilines is 1. The second-order valence-corrected chi connectivity index (χ2v) is 6.88. The van der Waals surface area contributed by atoms with Gasteiger partial charge in [-0.15, -0.1) is 0 Å². The topological polar surface area (TPSA) is 71.1 Å².